The van der Waals surface area contributed by atoms with Crippen LogP contribution in [0.4, 0.5) is 0 Å². The van der Waals surface area contributed by atoms with Crippen LogP contribution in [-0.4, -0.2) is 56.1 Å². The van der Waals surface area contributed by atoms with E-state index in [1.165, 1.54) is 18.5 Å². The summed E-state index contributed by atoms with van der Waals surface area (Å²) in [6.07, 6.45) is 1.18. The third-order valence-electron chi connectivity index (χ3n) is 4.23. The molecule has 2 atom stereocenters. The predicted octanol–water partition coefficient (Wildman–Crippen LogP) is 1.97. The van der Waals surface area contributed by atoms with E-state index in [1.54, 1.807) is 0 Å². The first-order valence-electron chi connectivity index (χ1n) is 7.39. The maximum Gasteiger partial charge on any atom is 0.0476 e. The van der Waals surface area contributed by atoms with E-state index in [1.807, 2.05) is 0 Å². The second-order valence-corrected chi connectivity index (χ2v) is 5.58. The number of rotatable bonds is 5. The second-order valence-electron chi connectivity index (χ2n) is 5.58. The van der Waals surface area contributed by atoms with E-state index in [0.717, 1.165) is 19.6 Å². The third-order valence-corrected chi connectivity index (χ3v) is 4.23. The lowest BCUT2D eigenvalue weighted by molar-refractivity contribution is 0.0808. The zero-order chi connectivity index (χ0) is 13.7. The third kappa shape index (κ3) is 3.78. The molecule has 1 heterocycles. The Labute approximate surface area is 117 Å². The van der Waals surface area contributed by atoms with Crippen molar-refractivity contribution in [2.75, 3.05) is 40.3 Å². The number of nitrogens with one attached hydrogen (secondary N) is 1. The fraction of sp³-hybridized carbons (Fsp3) is 0.625. The molecule has 1 aliphatic rings. The number of nitrogens with zero attached hydrogens (tertiary/aromatic N) is 2. The van der Waals surface area contributed by atoms with E-state index in [-0.39, 0.29) is 0 Å². The van der Waals surface area contributed by atoms with Gasteiger partial charge in [-0.1, -0.05) is 37.3 Å². The van der Waals surface area contributed by atoms with Gasteiger partial charge in [0.05, 0.1) is 0 Å². The van der Waals surface area contributed by atoms with Crippen molar-refractivity contribution in [3.05, 3.63) is 35.9 Å². The molecule has 106 valence electrons. The van der Waals surface area contributed by atoms with Gasteiger partial charge in [0, 0.05) is 38.3 Å². The molecule has 1 saturated heterocycles. The molecule has 1 aliphatic heterocycles. The molecule has 0 aromatic heterocycles. The van der Waals surface area contributed by atoms with Crippen LogP contribution >= 0.6 is 0 Å². The summed E-state index contributed by atoms with van der Waals surface area (Å²) >= 11 is 0. The van der Waals surface area contributed by atoms with Gasteiger partial charge >= 0.3 is 0 Å². The van der Waals surface area contributed by atoms with Gasteiger partial charge in [0.15, 0.2) is 0 Å². The van der Waals surface area contributed by atoms with E-state index in [2.05, 4.69) is 66.5 Å². The van der Waals surface area contributed by atoms with Crippen LogP contribution in [-0.2, 0) is 0 Å². The van der Waals surface area contributed by atoms with Gasteiger partial charge in [-0.25, -0.2) is 0 Å². The Morgan fingerprint density at radius 2 is 2.00 bits per heavy atom. The Hall–Kier alpha value is -0.900. The van der Waals surface area contributed by atoms with Crippen molar-refractivity contribution in [1.82, 2.24) is 15.1 Å². The summed E-state index contributed by atoms with van der Waals surface area (Å²) in [6.45, 7) is 6.86. The van der Waals surface area contributed by atoms with Crippen LogP contribution in [0.1, 0.15) is 24.9 Å². The zero-order valence-corrected chi connectivity index (χ0v) is 12.5. The number of benzene rings is 1. The van der Waals surface area contributed by atoms with Crippen LogP contribution in [0, 0.1) is 0 Å². The fourth-order valence-electron chi connectivity index (χ4n) is 2.87. The predicted molar refractivity (Wildman–Crippen MR) is 81.4 cm³/mol. The summed E-state index contributed by atoms with van der Waals surface area (Å²) in [4.78, 5) is 5.08. The Bertz CT molecular complexity index is 362. The van der Waals surface area contributed by atoms with Gasteiger partial charge < -0.3 is 10.2 Å². The quantitative estimate of drug-likeness (QED) is 0.874. The van der Waals surface area contributed by atoms with Gasteiger partial charge in [0.1, 0.15) is 0 Å². The molecule has 1 aromatic rings. The minimum Gasteiger partial charge on any atom is -0.316 e. The molecule has 0 saturated carbocycles. The molecule has 1 N–H and O–H groups in total. The van der Waals surface area contributed by atoms with Crippen molar-refractivity contribution < 1.29 is 0 Å². The molecule has 3 nitrogen and oxygen atoms in total. The monoisotopic (exact) mass is 261 g/mol. The molecular formula is C16H27N3. The lowest BCUT2D eigenvalue weighted by atomic mass is 10.0. The number of piperazine rings is 1. The van der Waals surface area contributed by atoms with Crippen LogP contribution in [0.15, 0.2) is 30.3 Å². The molecular weight excluding hydrogens is 234 g/mol. The number of hydrogen-bond donors (Lipinski definition) is 1. The van der Waals surface area contributed by atoms with Gasteiger partial charge in [-0.3, -0.25) is 4.90 Å². The van der Waals surface area contributed by atoms with E-state index in [9.17, 15) is 0 Å². The summed E-state index contributed by atoms with van der Waals surface area (Å²) in [5.74, 6) is 0. The van der Waals surface area contributed by atoms with Crippen LogP contribution in [0.5, 0.6) is 0 Å². The average molecular weight is 261 g/mol. The van der Waals surface area contributed by atoms with Crippen molar-refractivity contribution in [2.45, 2.75) is 25.4 Å². The topological polar surface area (TPSA) is 18.5 Å². The number of hydrogen-bond acceptors (Lipinski definition) is 3. The smallest absolute Gasteiger partial charge is 0.0476 e. The molecule has 1 aromatic carbocycles. The minimum absolute atomic E-state index is 0.530. The Balaban J connectivity index is 2.11. The molecule has 0 amide bonds. The van der Waals surface area contributed by atoms with Crippen LogP contribution in [0.3, 0.4) is 0 Å². The van der Waals surface area contributed by atoms with E-state index in [4.69, 9.17) is 0 Å². The second kappa shape index (κ2) is 7.04. The van der Waals surface area contributed by atoms with Gasteiger partial charge in [-0.15, -0.1) is 0 Å². The lowest BCUT2D eigenvalue weighted by Crippen LogP contribution is -2.50. The summed E-state index contributed by atoms with van der Waals surface area (Å²) < 4.78 is 0. The molecule has 2 unspecified atom stereocenters. The molecule has 3 heteroatoms. The van der Waals surface area contributed by atoms with Gasteiger partial charge in [0.2, 0.25) is 0 Å². The SMILES string of the molecule is CCC(CN1CCN(C)CC1c1ccccc1)NC. The maximum atomic E-state index is 3.43. The van der Waals surface area contributed by atoms with Crippen molar-refractivity contribution >= 4 is 0 Å². The summed E-state index contributed by atoms with van der Waals surface area (Å²) in [5, 5.41) is 3.43. The first-order valence-corrected chi connectivity index (χ1v) is 7.39. The first kappa shape index (κ1) is 14.5. The van der Waals surface area contributed by atoms with Crippen molar-refractivity contribution in [3.8, 4) is 0 Å². The van der Waals surface area contributed by atoms with E-state index in [0.29, 0.717) is 12.1 Å². The van der Waals surface area contributed by atoms with Gasteiger partial charge in [-0.2, -0.15) is 0 Å². The lowest BCUT2D eigenvalue weighted by Gasteiger charge is -2.41. The highest BCUT2D eigenvalue weighted by molar-refractivity contribution is 5.20. The van der Waals surface area contributed by atoms with Crippen LogP contribution in [0.2, 0.25) is 0 Å². The van der Waals surface area contributed by atoms with Crippen molar-refractivity contribution in [1.29, 1.82) is 0 Å². The molecule has 0 radical (unpaired) electrons. The largest absolute Gasteiger partial charge is 0.316 e. The minimum atomic E-state index is 0.530. The van der Waals surface area contributed by atoms with Gasteiger partial charge in [-0.05, 0) is 26.1 Å². The highest BCUT2D eigenvalue weighted by Gasteiger charge is 2.27. The Kier molecular flexibility index (Phi) is 5.37. The van der Waals surface area contributed by atoms with Crippen molar-refractivity contribution in [3.63, 3.8) is 0 Å². The van der Waals surface area contributed by atoms with Crippen molar-refractivity contribution in [2.24, 2.45) is 0 Å². The zero-order valence-electron chi connectivity index (χ0n) is 12.5. The highest BCUT2D eigenvalue weighted by atomic mass is 15.3. The van der Waals surface area contributed by atoms with Crippen LogP contribution in [0.25, 0.3) is 0 Å². The molecule has 0 bridgehead atoms. The standard InChI is InChI=1S/C16H27N3/c1-4-15(17-2)12-19-11-10-18(3)13-16(19)14-8-6-5-7-9-14/h5-9,15-17H,4,10-13H2,1-3H3. The Morgan fingerprint density at radius 3 is 2.63 bits per heavy atom. The molecule has 19 heavy (non-hydrogen) atoms. The van der Waals surface area contributed by atoms with Gasteiger partial charge in [0.25, 0.3) is 0 Å². The average Bonchev–Trinajstić information content (AvgIpc) is 2.47. The maximum absolute atomic E-state index is 3.43. The van der Waals surface area contributed by atoms with E-state index < -0.39 is 0 Å². The molecule has 1 fully saturated rings. The summed E-state index contributed by atoms with van der Waals surface area (Å²) in [5.41, 5.74) is 1.44. The summed E-state index contributed by atoms with van der Waals surface area (Å²) in [6, 6.07) is 12.0. The fourth-order valence-corrected chi connectivity index (χ4v) is 2.87. The number of likely N-dealkylation sites (N-methyl/N-ethyl adjacent to an activating group) is 2. The molecule has 0 aliphatic carbocycles. The normalized spacial score (nSPS) is 23.4. The van der Waals surface area contributed by atoms with E-state index >= 15 is 0 Å². The molecule has 2 rings (SSSR count). The summed E-state index contributed by atoms with van der Waals surface area (Å²) in [7, 11) is 4.30. The highest BCUT2D eigenvalue weighted by Crippen LogP contribution is 2.24. The van der Waals surface area contributed by atoms with Crippen LogP contribution < -0.4 is 5.32 Å². The Morgan fingerprint density at radius 1 is 1.26 bits per heavy atom. The first-order chi connectivity index (χ1) is 9.24. The molecule has 0 spiro atoms.